The molecule has 0 bridgehead atoms. The maximum absolute atomic E-state index is 13.4. The summed E-state index contributed by atoms with van der Waals surface area (Å²) in [5.41, 5.74) is 6.90. The third-order valence-electron chi connectivity index (χ3n) is 2.60. The number of nitrogens with zero attached hydrogens (tertiary/aromatic N) is 1. The van der Waals surface area contributed by atoms with Gasteiger partial charge in [-0.05, 0) is 0 Å². The molecular formula is C13H8F2N2Se. The summed E-state index contributed by atoms with van der Waals surface area (Å²) in [4.78, 5) is 4.35. The van der Waals surface area contributed by atoms with Crippen LogP contribution in [0.5, 0.6) is 0 Å². The van der Waals surface area contributed by atoms with Crippen molar-refractivity contribution in [2.45, 2.75) is 0 Å². The zero-order chi connectivity index (χ0) is 12.7. The van der Waals surface area contributed by atoms with Crippen molar-refractivity contribution in [3.05, 3.63) is 48.0 Å². The summed E-state index contributed by atoms with van der Waals surface area (Å²) in [6.45, 7) is 0. The second-order valence-corrected chi connectivity index (χ2v) is 6.03. The predicted octanol–water partition coefficient (Wildman–Crippen LogP) is 2.82. The molecule has 0 saturated carbocycles. The molecule has 1 aromatic heterocycles. The van der Waals surface area contributed by atoms with Gasteiger partial charge in [-0.2, -0.15) is 0 Å². The predicted molar refractivity (Wildman–Crippen MR) is 68.4 cm³/mol. The summed E-state index contributed by atoms with van der Waals surface area (Å²) in [6.07, 6.45) is 0. The van der Waals surface area contributed by atoms with Crippen molar-refractivity contribution < 1.29 is 8.78 Å². The van der Waals surface area contributed by atoms with Crippen molar-refractivity contribution in [1.29, 1.82) is 0 Å². The third kappa shape index (κ3) is 1.92. The molecule has 3 rings (SSSR count). The van der Waals surface area contributed by atoms with E-state index in [0.29, 0.717) is 11.1 Å². The molecule has 0 aliphatic carbocycles. The van der Waals surface area contributed by atoms with Gasteiger partial charge in [0.05, 0.1) is 0 Å². The van der Waals surface area contributed by atoms with Crippen molar-refractivity contribution in [3.63, 3.8) is 0 Å². The Labute approximate surface area is 108 Å². The van der Waals surface area contributed by atoms with Gasteiger partial charge in [-0.15, -0.1) is 0 Å². The Morgan fingerprint density at radius 2 is 1.89 bits per heavy atom. The minimum atomic E-state index is -0.451. The van der Waals surface area contributed by atoms with E-state index in [4.69, 9.17) is 5.73 Å². The second kappa shape index (κ2) is 4.19. The molecule has 2 nitrogen and oxygen atoms in total. The first-order valence-corrected chi connectivity index (χ1v) is 6.96. The van der Waals surface area contributed by atoms with Crippen molar-refractivity contribution in [2.75, 3.05) is 5.73 Å². The van der Waals surface area contributed by atoms with Crippen LogP contribution >= 0.6 is 0 Å². The standard InChI is InChI=1S/C13H8F2N2Se/c14-8-2-4-12-11(6-8)17-13(18-12)7-1-3-10(16)9(15)5-7/h1-6H,16H2. The SMILES string of the molecule is Nc1ccc(-c2nc3cc(F)ccc3[se]2)cc1F. The van der Waals surface area contributed by atoms with E-state index in [1.165, 1.54) is 24.3 Å². The van der Waals surface area contributed by atoms with Gasteiger partial charge in [0, 0.05) is 0 Å². The van der Waals surface area contributed by atoms with Crippen LogP contribution in [0.1, 0.15) is 0 Å². The van der Waals surface area contributed by atoms with Crippen molar-refractivity contribution >= 4 is 30.0 Å². The van der Waals surface area contributed by atoms with Crippen LogP contribution in [0, 0.1) is 11.6 Å². The van der Waals surface area contributed by atoms with E-state index in [0.717, 1.165) is 8.83 Å². The zero-order valence-corrected chi connectivity index (χ0v) is 10.9. The van der Waals surface area contributed by atoms with E-state index < -0.39 is 5.82 Å². The number of aromatic nitrogens is 1. The molecule has 0 aliphatic heterocycles. The summed E-state index contributed by atoms with van der Waals surface area (Å²) < 4.78 is 28.3. The van der Waals surface area contributed by atoms with Gasteiger partial charge in [0.15, 0.2) is 0 Å². The van der Waals surface area contributed by atoms with Gasteiger partial charge in [0.1, 0.15) is 0 Å². The monoisotopic (exact) mass is 310 g/mol. The van der Waals surface area contributed by atoms with Gasteiger partial charge in [-0.3, -0.25) is 0 Å². The molecule has 0 unspecified atom stereocenters. The quantitative estimate of drug-likeness (QED) is 0.554. The molecule has 1 heterocycles. The van der Waals surface area contributed by atoms with Crippen LogP contribution in [0.3, 0.4) is 0 Å². The molecule has 5 heteroatoms. The Hall–Kier alpha value is -1.71. The number of hydrogen-bond donors (Lipinski definition) is 1. The summed E-state index contributed by atoms with van der Waals surface area (Å²) in [5, 5.41) is 0. The number of fused-ring (bicyclic) bond motifs is 1. The second-order valence-electron chi connectivity index (χ2n) is 3.87. The van der Waals surface area contributed by atoms with Crippen LogP contribution in [0.15, 0.2) is 36.4 Å². The number of hydrogen-bond acceptors (Lipinski definition) is 2. The van der Waals surface area contributed by atoms with Crippen LogP contribution in [0.2, 0.25) is 0 Å². The third-order valence-corrected chi connectivity index (χ3v) is 4.87. The molecule has 0 radical (unpaired) electrons. The van der Waals surface area contributed by atoms with Crippen molar-refractivity contribution in [2.24, 2.45) is 0 Å². The Morgan fingerprint density at radius 1 is 1.06 bits per heavy atom. The number of nitrogen functional groups attached to an aromatic ring is 1. The summed E-state index contributed by atoms with van der Waals surface area (Å²) in [6, 6.07) is 9.18. The fourth-order valence-corrected chi connectivity index (χ4v) is 3.66. The number of halogens is 2. The van der Waals surface area contributed by atoms with Crippen LogP contribution in [-0.4, -0.2) is 19.5 Å². The topological polar surface area (TPSA) is 38.9 Å². The van der Waals surface area contributed by atoms with Gasteiger partial charge in [-0.25, -0.2) is 0 Å². The van der Waals surface area contributed by atoms with Gasteiger partial charge in [0.25, 0.3) is 0 Å². The Balaban J connectivity index is 2.16. The summed E-state index contributed by atoms with van der Waals surface area (Å²) in [5.74, 6) is -0.758. The number of benzene rings is 2. The summed E-state index contributed by atoms with van der Waals surface area (Å²) in [7, 11) is 0. The van der Waals surface area contributed by atoms with E-state index in [9.17, 15) is 8.78 Å². The summed E-state index contributed by atoms with van der Waals surface area (Å²) >= 11 is -0.0222. The van der Waals surface area contributed by atoms with E-state index in [1.54, 1.807) is 12.1 Å². The van der Waals surface area contributed by atoms with E-state index >= 15 is 0 Å². The Morgan fingerprint density at radius 3 is 2.67 bits per heavy atom. The van der Waals surface area contributed by atoms with Gasteiger partial charge < -0.3 is 0 Å². The average Bonchev–Trinajstić information content (AvgIpc) is 2.75. The molecule has 0 fully saturated rings. The first kappa shape index (κ1) is 11.4. The molecule has 0 spiro atoms. The van der Waals surface area contributed by atoms with Crippen LogP contribution in [0.25, 0.3) is 19.9 Å². The molecule has 90 valence electrons. The van der Waals surface area contributed by atoms with Crippen molar-refractivity contribution in [3.8, 4) is 10.1 Å². The molecule has 2 N–H and O–H groups in total. The average molecular weight is 309 g/mol. The molecule has 18 heavy (non-hydrogen) atoms. The molecular weight excluding hydrogens is 301 g/mol. The van der Waals surface area contributed by atoms with Crippen LogP contribution in [-0.2, 0) is 0 Å². The fourth-order valence-electron chi connectivity index (χ4n) is 1.68. The first-order valence-electron chi connectivity index (χ1n) is 5.25. The molecule has 0 saturated heterocycles. The number of nitrogens with two attached hydrogens (primary N) is 1. The molecule has 3 aromatic rings. The van der Waals surface area contributed by atoms with Gasteiger partial charge in [0.2, 0.25) is 0 Å². The molecule has 0 aliphatic rings. The molecule has 2 aromatic carbocycles. The minimum absolute atomic E-state index is 0.0222. The molecule has 0 atom stereocenters. The number of anilines is 1. The fraction of sp³-hybridized carbons (Fsp3) is 0. The normalized spacial score (nSPS) is 11.0. The number of rotatable bonds is 1. The van der Waals surface area contributed by atoms with Crippen LogP contribution < -0.4 is 5.73 Å². The Bertz CT molecular complexity index is 737. The zero-order valence-electron chi connectivity index (χ0n) is 9.15. The van der Waals surface area contributed by atoms with Gasteiger partial charge in [-0.1, -0.05) is 0 Å². The molecule has 0 amide bonds. The van der Waals surface area contributed by atoms with Crippen LogP contribution in [0.4, 0.5) is 14.5 Å². The van der Waals surface area contributed by atoms with Crippen molar-refractivity contribution in [1.82, 2.24) is 4.98 Å². The Kier molecular flexibility index (Phi) is 2.65. The van der Waals surface area contributed by atoms with Gasteiger partial charge >= 0.3 is 108 Å². The van der Waals surface area contributed by atoms with E-state index in [1.807, 2.05) is 0 Å². The maximum atomic E-state index is 13.4. The van der Waals surface area contributed by atoms with E-state index in [-0.39, 0.29) is 26.0 Å². The van der Waals surface area contributed by atoms with E-state index in [2.05, 4.69) is 4.98 Å². The first-order chi connectivity index (χ1) is 8.63.